The molecule has 4 aromatic rings. The van der Waals surface area contributed by atoms with Crippen LogP contribution in [0.1, 0.15) is 11.3 Å². The summed E-state index contributed by atoms with van der Waals surface area (Å²) < 4.78 is 5.89. The van der Waals surface area contributed by atoms with Crippen molar-refractivity contribution in [2.24, 2.45) is 0 Å². The normalized spacial score (nSPS) is 11.4. The maximum Gasteiger partial charge on any atom is 0.135 e. The third-order valence-corrected chi connectivity index (χ3v) is 4.04. The van der Waals surface area contributed by atoms with Gasteiger partial charge in [0.25, 0.3) is 0 Å². The van der Waals surface area contributed by atoms with Gasteiger partial charge in [0.15, 0.2) is 0 Å². The molecule has 0 unspecified atom stereocenters. The van der Waals surface area contributed by atoms with Gasteiger partial charge in [0.05, 0.1) is 5.69 Å². The van der Waals surface area contributed by atoms with Gasteiger partial charge in [-0.25, -0.2) is 0 Å². The second-order valence-electron chi connectivity index (χ2n) is 5.50. The Hall–Kier alpha value is -2.84. The fraction of sp³-hybridized carbons (Fsp3) is 0. The first-order chi connectivity index (χ1) is 11.8. The standard InChI is InChI=1S/C21H14ClNO/c22-18-9-11-20-17(13-18)14-21(24-20)16-7-4-15(5-8-16)6-10-19-3-1-2-12-23-19/h1-14H. The van der Waals surface area contributed by atoms with E-state index in [1.165, 1.54) is 0 Å². The van der Waals surface area contributed by atoms with Crippen LogP contribution in [0.15, 0.2) is 77.3 Å². The summed E-state index contributed by atoms with van der Waals surface area (Å²) in [5, 5.41) is 1.72. The van der Waals surface area contributed by atoms with E-state index in [2.05, 4.69) is 29.2 Å². The lowest BCUT2D eigenvalue weighted by molar-refractivity contribution is 0.631. The molecule has 2 heterocycles. The van der Waals surface area contributed by atoms with Crippen molar-refractivity contribution in [3.63, 3.8) is 0 Å². The molecule has 0 amide bonds. The highest BCUT2D eigenvalue weighted by molar-refractivity contribution is 6.31. The van der Waals surface area contributed by atoms with Crippen LogP contribution < -0.4 is 0 Å². The van der Waals surface area contributed by atoms with E-state index >= 15 is 0 Å². The Bertz CT molecular complexity index is 1000. The average molecular weight is 332 g/mol. The minimum Gasteiger partial charge on any atom is -0.456 e. The molecule has 4 rings (SSSR count). The highest BCUT2D eigenvalue weighted by Gasteiger charge is 2.06. The SMILES string of the molecule is Clc1ccc2oc(-c3ccc(C=Cc4ccccn4)cc3)cc2c1. The Kier molecular flexibility index (Phi) is 3.89. The first kappa shape index (κ1) is 14.7. The molecule has 3 heteroatoms. The van der Waals surface area contributed by atoms with Gasteiger partial charge in [-0.05, 0) is 48.0 Å². The van der Waals surface area contributed by atoms with E-state index in [9.17, 15) is 0 Å². The fourth-order valence-corrected chi connectivity index (χ4v) is 2.75. The van der Waals surface area contributed by atoms with Crippen molar-refractivity contribution in [1.29, 1.82) is 0 Å². The number of nitrogens with zero attached hydrogens (tertiary/aromatic N) is 1. The molecule has 0 fully saturated rings. The summed E-state index contributed by atoms with van der Waals surface area (Å²) in [6.07, 6.45) is 5.83. The highest BCUT2D eigenvalue weighted by atomic mass is 35.5. The molecule has 2 aromatic heterocycles. The average Bonchev–Trinajstić information content (AvgIpc) is 3.04. The largest absolute Gasteiger partial charge is 0.456 e. The quantitative estimate of drug-likeness (QED) is 0.439. The summed E-state index contributed by atoms with van der Waals surface area (Å²) in [5.41, 5.74) is 3.94. The van der Waals surface area contributed by atoms with Crippen molar-refractivity contribution in [3.8, 4) is 11.3 Å². The van der Waals surface area contributed by atoms with Crippen LogP contribution in [0.2, 0.25) is 5.02 Å². The van der Waals surface area contributed by atoms with Crippen molar-refractivity contribution >= 4 is 34.7 Å². The summed E-state index contributed by atoms with van der Waals surface area (Å²) in [6, 6.07) is 21.8. The molecular formula is C21H14ClNO. The minimum absolute atomic E-state index is 0.713. The van der Waals surface area contributed by atoms with Crippen LogP contribution in [-0.2, 0) is 0 Å². The van der Waals surface area contributed by atoms with E-state index in [1.54, 1.807) is 6.20 Å². The molecule has 24 heavy (non-hydrogen) atoms. The monoisotopic (exact) mass is 331 g/mol. The lowest BCUT2D eigenvalue weighted by Crippen LogP contribution is -1.78. The number of pyridine rings is 1. The lowest BCUT2D eigenvalue weighted by Gasteiger charge is -1.98. The van der Waals surface area contributed by atoms with E-state index in [4.69, 9.17) is 16.0 Å². The molecular weight excluding hydrogens is 318 g/mol. The smallest absolute Gasteiger partial charge is 0.135 e. The first-order valence-corrected chi connectivity index (χ1v) is 8.04. The van der Waals surface area contributed by atoms with Gasteiger partial charge in [-0.3, -0.25) is 4.98 Å². The second-order valence-corrected chi connectivity index (χ2v) is 5.94. The molecule has 0 radical (unpaired) electrons. The molecule has 0 aliphatic carbocycles. The van der Waals surface area contributed by atoms with Crippen molar-refractivity contribution in [1.82, 2.24) is 4.98 Å². The number of aromatic nitrogens is 1. The van der Waals surface area contributed by atoms with Crippen LogP contribution in [0.5, 0.6) is 0 Å². The zero-order valence-corrected chi connectivity index (χ0v) is 13.6. The van der Waals surface area contributed by atoms with Gasteiger partial charge in [0, 0.05) is 22.2 Å². The topological polar surface area (TPSA) is 26.0 Å². The predicted octanol–water partition coefficient (Wildman–Crippen LogP) is 6.32. The number of fused-ring (bicyclic) bond motifs is 1. The van der Waals surface area contributed by atoms with Crippen molar-refractivity contribution in [2.45, 2.75) is 0 Å². The van der Waals surface area contributed by atoms with Crippen LogP contribution in [-0.4, -0.2) is 4.98 Å². The van der Waals surface area contributed by atoms with E-state index in [1.807, 2.05) is 54.6 Å². The van der Waals surface area contributed by atoms with Crippen LogP contribution in [0.3, 0.4) is 0 Å². The van der Waals surface area contributed by atoms with Crippen LogP contribution in [0, 0.1) is 0 Å². The first-order valence-electron chi connectivity index (χ1n) is 7.67. The Balaban J connectivity index is 1.59. The molecule has 2 aromatic carbocycles. The van der Waals surface area contributed by atoms with Gasteiger partial charge in [-0.1, -0.05) is 48.0 Å². The molecule has 0 atom stereocenters. The van der Waals surface area contributed by atoms with E-state index < -0.39 is 0 Å². The van der Waals surface area contributed by atoms with Crippen molar-refractivity contribution < 1.29 is 4.42 Å². The minimum atomic E-state index is 0.713. The summed E-state index contributed by atoms with van der Waals surface area (Å²) in [4.78, 5) is 4.28. The Morgan fingerprint density at radius 2 is 1.75 bits per heavy atom. The zero-order valence-electron chi connectivity index (χ0n) is 12.8. The summed E-state index contributed by atoms with van der Waals surface area (Å²) in [7, 11) is 0. The third kappa shape index (κ3) is 3.10. The lowest BCUT2D eigenvalue weighted by atomic mass is 10.1. The number of hydrogen-bond acceptors (Lipinski definition) is 2. The van der Waals surface area contributed by atoms with Gasteiger partial charge in [-0.15, -0.1) is 0 Å². The fourth-order valence-electron chi connectivity index (χ4n) is 2.57. The number of halogens is 1. The molecule has 2 nitrogen and oxygen atoms in total. The molecule has 0 bridgehead atoms. The van der Waals surface area contributed by atoms with Gasteiger partial charge < -0.3 is 4.42 Å². The number of benzene rings is 2. The summed E-state index contributed by atoms with van der Waals surface area (Å²) in [5.74, 6) is 0.840. The molecule has 0 N–H and O–H groups in total. The van der Waals surface area contributed by atoms with Crippen LogP contribution in [0.4, 0.5) is 0 Å². The molecule has 116 valence electrons. The van der Waals surface area contributed by atoms with E-state index in [0.29, 0.717) is 5.02 Å². The number of rotatable bonds is 3. The maximum atomic E-state index is 6.03. The molecule has 0 aliphatic heterocycles. The third-order valence-electron chi connectivity index (χ3n) is 3.81. The van der Waals surface area contributed by atoms with Crippen LogP contribution in [0.25, 0.3) is 34.4 Å². The molecule has 0 saturated carbocycles. The highest BCUT2D eigenvalue weighted by Crippen LogP contribution is 2.29. The number of hydrogen-bond donors (Lipinski definition) is 0. The van der Waals surface area contributed by atoms with E-state index in [0.717, 1.165) is 33.6 Å². The van der Waals surface area contributed by atoms with Gasteiger partial charge in [-0.2, -0.15) is 0 Å². The van der Waals surface area contributed by atoms with Gasteiger partial charge in [0.1, 0.15) is 11.3 Å². The summed E-state index contributed by atoms with van der Waals surface area (Å²) >= 11 is 6.03. The van der Waals surface area contributed by atoms with E-state index in [-0.39, 0.29) is 0 Å². The van der Waals surface area contributed by atoms with Crippen molar-refractivity contribution in [2.75, 3.05) is 0 Å². The molecule has 0 aliphatic rings. The van der Waals surface area contributed by atoms with Crippen LogP contribution >= 0.6 is 11.6 Å². The molecule has 0 spiro atoms. The predicted molar refractivity (Wildman–Crippen MR) is 99.8 cm³/mol. The zero-order chi connectivity index (χ0) is 16.4. The van der Waals surface area contributed by atoms with Crippen molar-refractivity contribution in [3.05, 3.63) is 89.2 Å². The number of furan rings is 1. The Labute approximate surface area is 145 Å². The Morgan fingerprint density at radius 1 is 0.875 bits per heavy atom. The second kappa shape index (κ2) is 6.34. The summed E-state index contributed by atoms with van der Waals surface area (Å²) in [6.45, 7) is 0. The maximum absolute atomic E-state index is 6.03. The van der Waals surface area contributed by atoms with Gasteiger partial charge >= 0.3 is 0 Å². The Morgan fingerprint density at radius 3 is 2.54 bits per heavy atom. The van der Waals surface area contributed by atoms with Gasteiger partial charge in [0.2, 0.25) is 0 Å². The molecule has 0 saturated heterocycles.